The highest BCUT2D eigenvalue weighted by molar-refractivity contribution is 7.94. The fraction of sp³-hybridized carbons (Fsp3) is 0. The number of carboxylic acids is 1. The van der Waals surface area contributed by atoms with E-state index >= 15 is 0 Å². The Kier molecular flexibility index (Phi) is 3.54. The average molecular weight is 301 g/mol. The van der Waals surface area contributed by atoms with Crippen molar-refractivity contribution in [3.05, 3.63) is 47.1 Å². The molecule has 1 aromatic heterocycles. The van der Waals surface area contributed by atoms with E-state index in [-0.39, 0.29) is 15.5 Å². The van der Waals surface area contributed by atoms with Crippen LogP contribution in [0.25, 0.3) is 0 Å². The molecule has 0 atom stereocenters. The van der Waals surface area contributed by atoms with Crippen LogP contribution in [0.3, 0.4) is 0 Å². The van der Waals surface area contributed by atoms with Crippen LogP contribution in [0.5, 0.6) is 0 Å². The Balaban J connectivity index is 2.29. The largest absolute Gasteiger partial charge is 0.478 e. The Morgan fingerprint density at radius 2 is 2.05 bits per heavy atom. The molecule has 0 spiro atoms. The maximum atomic E-state index is 12.9. The molecule has 2 rings (SSSR count). The van der Waals surface area contributed by atoms with Crippen molar-refractivity contribution in [2.24, 2.45) is 0 Å². The summed E-state index contributed by atoms with van der Waals surface area (Å²) in [6.07, 6.45) is 0. The van der Waals surface area contributed by atoms with Crippen LogP contribution in [-0.2, 0) is 10.0 Å². The van der Waals surface area contributed by atoms with Crippen LogP contribution in [0.15, 0.2) is 39.9 Å². The van der Waals surface area contributed by atoms with E-state index < -0.39 is 21.8 Å². The normalized spacial score (nSPS) is 11.2. The van der Waals surface area contributed by atoms with Gasteiger partial charge in [0.2, 0.25) is 0 Å². The zero-order chi connectivity index (χ0) is 14.0. The van der Waals surface area contributed by atoms with E-state index in [1.165, 1.54) is 23.6 Å². The lowest BCUT2D eigenvalue weighted by Gasteiger charge is -2.05. The SMILES string of the molecule is O=C(O)c1csc(S(=O)(=O)Nc2cccc(F)c2)c1. The molecule has 2 N–H and O–H groups in total. The molecular weight excluding hydrogens is 293 g/mol. The lowest BCUT2D eigenvalue weighted by atomic mass is 10.3. The number of halogens is 1. The number of benzene rings is 1. The topological polar surface area (TPSA) is 83.5 Å². The van der Waals surface area contributed by atoms with E-state index in [9.17, 15) is 17.6 Å². The van der Waals surface area contributed by atoms with Crippen molar-refractivity contribution in [3.63, 3.8) is 0 Å². The quantitative estimate of drug-likeness (QED) is 0.908. The van der Waals surface area contributed by atoms with Gasteiger partial charge in [-0.05, 0) is 24.3 Å². The molecule has 0 aliphatic carbocycles. The minimum absolute atomic E-state index is 0.0743. The van der Waals surface area contributed by atoms with Crippen molar-refractivity contribution in [2.45, 2.75) is 4.21 Å². The third kappa shape index (κ3) is 3.09. The van der Waals surface area contributed by atoms with Gasteiger partial charge in [0.15, 0.2) is 0 Å². The van der Waals surface area contributed by atoms with Gasteiger partial charge in [0.05, 0.1) is 11.3 Å². The molecule has 0 saturated carbocycles. The Hall–Kier alpha value is -1.93. The first-order valence-corrected chi connectivity index (χ1v) is 7.35. The first kappa shape index (κ1) is 13.5. The fourth-order valence-corrected chi connectivity index (χ4v) is 3.53. The van der Waals surface area contributed by atoms with Crippen LogP contribution >= 0.6 is 11.3 Å². The van der Waals surface area contributed by atoms with Crippen molar-refractivity contribution in [1.29, 1.82) is 0 Å². The zero-order valence-corrected chi connectivity index (χ0v) is 11.0. The van der Waals surface area contributed by atoms with E-state index in [0.29, 0.717) is 0 Å². The minimum Gasteiger partial charge on any atom is -0.478 e. The van der Waals surface area contributed by atoms with E-state index in [2.05, 4.69) is 4.72 Å². The summed E-state index contributed by atoms with van der Waals surface area (Å²) in [6, 6.07) is 6.03. The average Bonchev–Trinajstić information content (AvgIpc) is 2.78. The maximum Gasteiger partial charge on any atom is 0.336 e. The Morgan fingerprint density at radius 3 is 2.63 bits per heavy atom. The predicted molar refractivity (Wildman–Crippen MR) is 68.5 cm³/mol. The van der Waals surface area contributed by atoms with Crippen LogP contribution < -0.4 is 4.72 Å². The van der Waals surface area contributed by atoms with Gasteiger partial charge < -0.3 is 5.11 Å². The Morgan fingerprint density at radius 1 is 1.32 bits per heavy atom. The van der Waals surface area contributed by atoms with Gasteiger partial charge in [0.1, 0.15) is 10.0 Å². The smallest absolute Gasteiger partial charge is 0.336 e. The molecule has 0 amide bonds. The second-order valence-corrected chi connectivity index (χ2v) is 6.40. The number of carbonyl (C=O) groups is 1. The summed E-state index contributed by atoms with van der Waals surface area (Å²) < 4.78 is 38.8. The summed E-state index contributed by atoms with van der Waals surface area (Å²) in [5, 5.41) is 9.96. The third-order valence-electron chi connectivity index (χ3n) is 2.16. The zero-order valence-electron chi connectivity index (χ0n) is 9.33. The molecule has 0 radical (unpaired) electrons. The number of aromatic carboxylic acids is 1. The minimum atomic E-state index is -3.90. The van der Waals surface area contributed by atoms with E-state index in [0.717, 1.165) is 23.5 Å². The second-order valence-electron chi connectivity index (χ2n) is 3.58. The highest BCUT2D eigenvalue weighted by Gasteiger charge is 2.19. The number of anilines is 1. The van der Waals surface area contributed by atoms with E-state index in [1.54, 1.807) is 0 Å². The second kappa shape index (κ2) is 4.98. The predicted octanol–water partition coefficient (Wildman–Crippen LogP) is 2.39. The summed E-state index contributed by atoms with van der Waals surface area (Å²) >= 11 is 0.783. The van der Waals surface area contributed by atoms with Gasteiger partial charge in [0, 0.05) is 5.38 Å². The highest BCUT2D eigenvalue weighted by atomic mass is 32.2. The fourth-order valence-electron chi connectivity index (χ4n) is 1.33. The van der Waals surface area contributed by atoms with Crippen molar-refractivity contribution < 1.29 is 22.7 Å². The van der Waals surface area contributed by atoms with Crippen molar-refractivity contribution in [2.75, 3.05) is 4.72 Å². The Labute approximate surface area is 112 Å². The third-order valence-corrected chi connectivity index (χ3v) is 4.98. The van der Waals surface area contributed by atoms with Crippen LogP contribution in [0.1, 0.15) is 10.4 Å². The number of hydrogen-bond donors (Lipinski definition) is 2. The molecule has 0 saturated heterocycles. The van der Waals surface area contributed by atoms with Gasteiger partial charge >= 0.3 is 5.97 Å². The monoisotopic (exact) mass is 301 g/mol. The summed E-state index contributed by atoms with van der Waals surface area (Å²) in [6.45, 7) is 0. The van der Waals surface area contributed by atoms with Gasteiger partial charge in [0.25, 0.3) is 10.0 Å². The Bertz CT molecular complexity index is 724. The van der Waals surface area contributed by atoms with Crippen LogP contribution in [0.4, 0.5) is 10.1 Å². The summed E-state index contributed by atoms with van der Waals surface area (Å²) in [5.74, 6) is -1.78. The van der Waals surface area contributed by atoms with Gasteiger partial charge in [-0.2, -0.15) is 0 Å². The number of nitrogens with one attached hydrogen (secondary N) is 1. The number of rotatable bonds is 4. The molecule has 0 aliphatic heterocycles. The van der Waals surface area contributed by atoms with Gasteiger partial charge in [-0.3, -0.25) is 4.72 Å². The molecule has 1 aromatic carbocycles. The summed E-state index contributed by atoms with van der Waals surface area (Å²) in [7, 11) is -3.90. The number of sulfonamides is 1. The van der Waals surface area contributed by atoms with Crippen LogP contribution in [0, 0.1) is 5.82 Å². The molecule has 1 heterocycles. The van der Waals surface area contributed by atoms with Crippen molar-refractivity contribution in [1.82, 2.24) is 0 Å². The first-order valence-electron chi connectivity index (χ1n) is 4.99. The molecule has 0 bridgehead atoms. The molecular formula is C11H8FNO4S2. The number of thiophene rings is 1. The maximum absolute atomic E-state index is 12.9. The van der Waals surface area contributed by atoms with Gasteiger partial charge in [-0.15, -0.1) is 11.3 Å². The highest BCUT2D eigenvalue weighted by Crippen LogP contribution is 2.23. The van der Waals surface area contributed by atoms with Crippen molar-refractivity contribution in [3.8, 4) is 0 Å². The lowest BCUT2D eigenvalue weighted by molar-refractivity contribution is 0.0697. The molecule has 8 heteroatoms. The molecule has 5 nitrogen and oxygen atoms in total. The van der Waals surface area contributed by atoms with Crippen LogP contribution in [0.2, 0.25) is 0 Å². The summed E-state index contributed by atoms with van der Waals surface area (Å²) in [4.78, 5) is 10.7. The standard InChI is InChI=1S/C11H8FNO4S2/c12-8-2-1-3-9(5-8)13-19(16,17)10-4-7(6-18-10)11(14)15/h1-6,13H,(H,14,15). The van der Waals surface area contributed by atoms with Gasteiger partial charge in [-0.25, -0.2) is 17.6 Å². The molecule has 0 unspecified atom stereocenters. The number of hydrogen-bond acceptors (Lipinski definition) is 4. The molecule has 0 aliphatic rings. The number of carboxylic acid groups (broad SMARTS) is 1. The van der Waals surface area contributed by atoms with Gasteiger partial charge in [-0.1, -0.05) is 6.07 Å². The molecule has 19 heavy (non-hydrogen) atoms. The first-order chi connectivity index (χ1) is 8.88. The summed E-state index contributed by atoms with van der Waals surface area (Å²) in [5.41, 5.74) is -0.0325. The molecule has 2 aromatic rings. The molecule has 100 valence electrons. The van der Waals surface area contributed by atoms with E-state index in [4.69, 9.17) is 5.11 Å². The lowest BCUT2D eigenvalue weighted by Crippen LogP contribution is -2.11. The van der Waals surface area contributed by atoms with Crippen LogP contribution in [-0.4, -0.2) is 19.5 Å². The van der Waals surface area contributed by atoms with E-state index in [1.807, 2.05) is 0 Å². The molecule has 0 fully saturated rings. The van der Waals surface area contributed by atoms with Crippen molar-refractivity contribution >= 4 is 33.0 Å².